The highest BCUT2D eigenvalue weighted by Gasteiger charge is 2.08. The summed E-state index contributed by atoms with van der Waals surface area (Å²) in [5.41, 5.74) is 11.1. The predicted molar refractivity (Wildman–Crippen MR) is 84.1 cm³/mol. The molecule has 2 amide bonds. The van der Waals surface area contributed by atoms with E-state index in [4.69, 9.17) is 5.73 Å². The average molecular weight is 269 g/mol. The fourth-order valence-corrected chi connectivity index (χ4v) is 2.22. The molecule has 2 rings (SSSR count). The lowest BCUT2D eigenvalue weighted by Gasteiger charge is -2.13. The van der Waals surface area contributed by atoms with E-state index >= 15 is 0 Å². The molecule has 0 aliphatic carbocycles. The van der Waals surface area contributed by atoms with Gasteiger partial charge < -0.3 is 16.4 Å². The summed E-state index contributed by atoms with van der Waals surface area (Å²) in [5, 5.41) is 5.67. The standard InChI is InChI=1S/C16H19N3O/c1-10-8-11(2)15(12(3)9-10)19-16(20)18-14-6-4-13(17)5-7-14/h4-9H,17H2,1-3H3,(H2,18,19,20). The summed E-state index contributed by atoms with van der Waals surface area (Å²) >= 11 is 0. The van der Waals surface area contributed by atoms with Crippen molar-refractivity contribution in [3.63, 3.8) is 0 Å². The Bertz CT molecular complexity index is 610. The fourth-order valence-electron chi connectivity index (χ4n) is 2.22. The van der Waals surface area contributed by atoms with Crippen molar-refractivity contribution < 1.29 is 4.79 Å². The van der Waals surface area contributed by atoms with E-state index in [9.17, 15) is 4.79 Å². The maximum Gasteiger partial charge on any atom is 0.323 e. The monoisotopic (exact) mass is 269 g/mol. The van der Waals surface area contributed by atoms with Crippen molar-refractivity contribution in [2.75, 3.05) is 16.4 Å². The Morgan fingerprint density at radius 3 is 2.05 bits per heavy atom. The van der Waals surface area contributed by atoms with Crippen LogP contribution in [0.3, 0.4) is 0 Å². The Balaban J connectivity index is 2.10. The first-order valence-electron chi connectivity index (χ1n) is 6.47. The molecule has 0 unspecified atom stereocenters. The van der Waals surface area contributed by atoms with E-state index in [0.717, 1.165) is 16.8 Å². The molecule has 0 aliphatic heterocycles. The fraction of sp³-hybridized carbons (Fsp3) is 0.188. The molecule has 20 heavy (non-hydrogen) atoms. The van der Waals surface area contributed by atoms with Crippen molar-refractivity contribution in [3.8, 4) is 0 Å². The van der Waals surface area contributed by atoms with Crippen LogP contribution in [-0.2, 0) is 0 Å². The van der Waals surface area contributed by atoms with E-state index in [2.05, 4.69) is 10.6 Å². The Hall–Kier alpha value is -2.49. The number of rotatable bonds is 2. The van der Waals surface area contributed by atoms with E-state index in [0.29, 0.717) is 11.4 Å². The van der Waals surface area contributed by atoms with Gasteiger partial charge in [0.1, 0.15) is 0 Å². The molecule has 104 valence electrons. The highest BCUT2D eigenvalue weighted by molar-refractivity contribution is 6.00. The van der Waals surface area contributed by atoms with Crippen LogP contribution in [0, 0.1) is 20.8 Å². The van der Waals surface area contributed by atoms with Gasteiger partial charge in [0.15, 0.2) is 0 Å². The van der Waals surface area contributed by atoms with Crippen molar-refractivity contribution in [2.45, 2.75) is 20.8 Å². The topological polar surface area (TPSA) is 67.2 Å². The van der Waals surface area contributed by atoms with E-state index < -0.39 is 0 Å². The number of nitrogens with two attached hydrogens (primary N) is 1. The van der Waals surface area contributed by atoms with Crippen LogP contribution in [0.1, 0.15) is 16.7 Å². The molecule has 0 heterocycles. The van der Waals surface area contributed by atoms with Gasteiger partial charge in [-0.2, -0.15) is 0 Å². The quantitative estimate of drug-likeness (QED) is 0.725. The number of carbonyl (C=O) groups excluding carboxylic acids is 1. The van der Waals surface area contributed by atoms with Gasteiger partial charge in [-0.3, -0.25) is 0 Å². The first-order valence-corrected chi connectivity index (χ1v) is 6.47. The molecule has 0 atom stereocenters. The first-order chi connectivity index (χ1) is 9.45. The zero-order valence-electron chi connectivity index (χ0n) is 11.9. The van der Waals surface area contributed by atoms with E-state index in [1.807, 2.05) is 32.9 Å². The lowest BCUT2D eigenvalue weighted by molar-refractivity contribution is 0.262. The third-order valence-corrected chi connectivity index (χ3v) is 3.08. The number of amides is 2. The van der Waals surface area contributed by atoms with Crippen molar-refractivity contribution in [3.05, 3.63) is 53.1 Å². The van der Waals surface area contributed by atoms with Crippen LogP contribution < -0.4 is 16.4 Å². The van der Waals surface area contributed by atoms with Crippen LogP contribution >= 0.6 is 0 Å². The molecule has 0 fully saturated rings. The number of benzene rings is 2. The summed E-state index contributed by atoms with van der Waals surface area (Å²) in [7, 11) is 0. The highest BCUT2D eigenvalue weighted by atomic mass is 16.2. The van der Waals surface area contributed by atoms with Crippen LogP contribution in [0.2, 0.25) is 0 Å². The molecular formula is C16H19N3O. The van der Waals surface area contributed by atoms with Crippen LogP contribution in [0.15, 0.2) is 36.4 Å². The van der Waals surface area contributed by atoms with Gasteiger partial charge in [0.25, 0.3) is 0 Å². The Morgan fingerprint density at radius 2 is 1.50 bits per heavy atom. The molecule has 4 nitrogen and oxygen atoms in total. The van der Waals surface area contributed by atoms with Gasteiger partial charge in [0, 0.05) is 17.1 Å². The Labute approximate surface area is 119 Å². The van der Waals surface area contributed by atoms with Gasteiger partial charge in [-0.1, -0.05) is 17.7 Å². The lowest BCUT2D eigenvalue weighted by atomic mass is 10.1. The maximum atomic E-state index is 12.0. The van der Waals surface area contributed by atoms with Crippen molar-refractivity contribution in [1.82, 2.24) is 0 Å². The van der Waals surface area contributed by atoms with Gasteiger partial charge in [0.2, 0.25) is 0 Å². The van der Waals surface area contributed by atoms with E-state index in [-0.39, 0.29) is 6.03 Å². The average Bonchev–Trinajstić information content (AvgIpc) is 2.36. The molecule has 0 bridgehead atoms. The van der Waals surface area contributed by atoms with Crippen molar-refractivity contribution >= 4 is 23.1 Å². The number of nitrogens with one attached hydrogen (secondary N) is 2. The second-order valence-electron chi connectivity index (χ2n) is 4.97. The number of aryl methyl sites for hydroxylation is 3. The van der Waals surface area contributed by atoms with Gasteiger partial charge in [-0.25, -0.2) is 4.79 Å². The van der Waals surface area contributed by atoms with Crippen molar-refractivity contribution in [1.29, 1.82) is 0 Å². The van der Waals surface area contributed by atoms with Gasteiger partial charge in [-0.15, -0.1) is 0 Å². The minimum Gasteiger partial charge on any atom is -0.399 e. The molecule has 0 saturated carbocycles. The molecule has 0 radical (unpaired) electrons. The summed E-state index contributed by atoms with van der Waals surface area (Å²) < 4.78 is 0. The minimum absolute atomic E-state index is 0.259. The first kappa shape index (κ1) is 13.9. The van der Waals surface area contributed by atoms with Crippen LogP contribution in [0.4, 0.5) is 21.9 Å². The SMILES string of the molecule is Cc1cc(C)c(NC(=O)Nc2ccc(N)cc2)c(C)c1. The summed E-state index contributed by atoms with van der Waals surface area (Å²) in [6, 6.07) is 10.9. The summed E-state index contributed by atoms with van der Waals surface area (Å²) in [6.07, 6.45) is 0. The smallest absolute Gasteiger partial charge is 0.323 e. The molecule has 0 saturated heterocycles. The summed E-state index contributed by atoms with van der Waals surface area (Å²) in [5.74, 6) is 0. The Morgan fingerprint density at radius 1 is 0.950 bits per heavy atom. The number of urea groups is 1. The summed E-state index contributed by atoms with van der Waals surface area (Å²) in [4.78, 5) is 12.0. The Kier molecular flexibility index (Phi) is 3.94. The molecule has 2 aromatic rings. The lowest BCUT2D eigenvalue weighted by Crippen LogP contribution is -2.20. The maximum absolute atomic E-state index is 12.0. The second kappa shape index (κ2) is 5.65. The zero-order valence-corrected chi connectivity index (χ0v) is 11.9. The third-order valence-electron chi connectivity index (χ3n) is 3.08. The minimum atomic E-state index is -0.259. The molecule has 4 heteroatoms. The third kappa shape index (κ3) is 3.29. The van der Waals surface area contributed by atoms with E-state index in [1.54, 1.807) is 24.3 Å². The largest absolute Gasteiger partial charge is 0.399 e. The van der Waals surface area contributed by atoms with Crippen LogP contribution in [0.25, 0.3) is 0 Å². The van der Waals surface area contributed by atoms with Gasteiger partial charge in [-0.05, 0) is 56.2 Å². The van der Waals surface area contributed by atoms with Gasteiger partial charge in [0.05, 0.1) is 0 Å². The second-order valence-corrected chi connectivity index (χ2v) is 4.97. The summed E-state index contributed by atoms with van der Waals surface area (Å²) in [6.45, 7) is 6.01. The molecule has 0 spiro atoms. The van der Waals surface area contributed by atoms with Crippen LogP contribution in [0.5, 0.6) is 0 Å². The predicted octanol–water partition coefficient (Wildman–Crippen LogP) is 3.84. The number of nitrogen functional groups attached to an aromatic ring is 1. The number of carbonyl (C=O) groups is 1. The number of anilines is 3. The van der Waals surface area contributed by atoms with Crippen LogP contribution in [-0.4, -0.2) is 6.03 Å². The van der Waals surface area contributed by atoms with E-state index in [1.165, 1.54) is 5.56 Å². The molecular weight excluding hydrogens is 250 g/mol. The molecule has 0 aliphatic rings. The number of hydrogen-bond acceptors (Lipinski definition) is 2. The molecule has 0 aromatic heterocycles. The zero-order chi connectivity index (χ0) is 14.7. The normalized spacial score (nSPS) is 10.2. The van der Waals surface area contributed by atoms with Crippen molar-refractivity contribution in [2.24, 2.45) is 0 Å². The number of hydrogen-bond donors (Lipinski definition) is 3. The highest BCUT2D eigenvalue weighted by Crippen LogP contribution is 2.22. The van der Waals surface area contributed by atoms with Gasteiger partial charge >= 0.3 is 6.03 Å². The molecule has 2 aromatic carbocycles. The molecule has 4 N–H and O–H groups in total.